The van der Waals surface area contributed by atoms with Gasteiger partial charge >= 0.3 is 0 Å². The summed E-state index contributed by atoms with van der Waals surface area (Å²) in [5.74, 6) is -0.196. The van der Waals surface area contributed by atoms with Gasteiger partial charge in [0.25, 0.3) is 0 Å². The maximum Gasteiger partial charge on any atom is 0.193 e. The topological polar surface area (TPSA) is 46.1 Å². The molecule has 1 aromatic carbocycles. The molecule has 0 aliphatic carbocycles. The van der Waals surface area contributed by atoms with Gasteiger partial charge in [0.15, 0.2) is 17.6 Å². The van der Waals surface area contributed by atoms with Crippen molar-refractivity contribution in [1.29, 1.82) is 0 Å². The van der Waals surface area contributed by atoms with E-state index in [1.807, 2.05) is 7.05 Å². The third-order valence-electron chi connectivity index (χ3n) is 3.67. The molecule has 2 rings (SSSR count). The van der Waals surface area contributed by atoms with Gasteiger partial charge in [-0.1, -0.05) is 0 Å². The zero-order chi connectivity index (χ0) is 16.7. The predicted molar refractivity (Wildman–Crippen MR) is 84.8 cm³/mol. The smallest absolute Gasteiger partial charge is 0.193 e. The van der Waals surface area contributed by atoms with Crippen LogP contribution in [0.2, 0.25) is 0 Å². The summed E-state index contributed by atoms with van der Waals surface area (Å²) in [6.45, 7) is 3.33. The molecule has 0 radical (unpaired) electrons. The van der Waals surface area contributed by atoms with Crippen molar-refractivity contribution < 1.29 is 18.3 Å². The van der Waals surface area contributed by atoms with E-state index in [1.54, 1.807) is 7.05 Å². The van der Waals surface area contributed by atoms with Crippen LogP contribution < -0.4 is 10.1 Å². The molecule has 1 N–H and O–H groups in total. The van der Waals surface area contributed by atoms with E-state index in [0.717, 1.165) is 44.3 Å². The molecular formula is C16H23F2N3O2. The van der Waals surface area contributed by atoms with E-state index in [2.05, 4.69) is 15.2 Å². The molecule has 23 heavy (non-hydrogen) atoms. The van der Waals surface area contributed by atoms with Gasteiger partial charge in [-0.15, -0.1) is 0 Å². The Labute approximate surface area is 135 Å². The van der Waals surface area contributed by atoms with Crippen LogP contribution in [0.4, 0.5) is 8.78 Å². The van der Waals surface area contributed by atoms with Gasteiger partial charge in [-0.25, -0.2) is 8.78 Å². The Morgan fingerprint density at radius 3 is 2.91 bits per heavy atom. The van der Waals surface area contributed by atoms with Crippen molar-refractivity contribution >= 4 is 5.96 Å². The van der Waals surface area contributed by atoms with Gasteiger partial charge < -0.3 is 19.7 Å². The van der Waals surface area contributed by atoms with Crippen LogP contribution in [0.3, 0.4) is 0 Å². The minimum Gasteiger partial charge on any atom is -0.492 e. The molecule has 1 unspecified atom stereocenters. The average Bonchev–Trinajstić information content (AvgIpc) is 3.03. The molecule has 1 heterocycles. The van der Waals surface area contributed by atoms with Crippen molar-refractivity contribution in [2.75, 3.05) is 47.0 Å². The van der Waals surface area contributed by atoms with Crippen molar-refractivity contribution in [2.45, 2.75) is 6.42 Å². The van der Waals surface area contributed by atoms with Gasteiger partial charge in [0.05, 0.1) is 13.2 Å². The lowest BCUT2D eigenvalue weighted by Crippen LogP contribution is -2.42. The first-order chi connectivity index (χ1) is 11.1. The highest BCUT2D eigenvalue weighted by molar-refractivity contribution is 5.79. The average molecular weight is 327 g/mol. The quantitative estimate of drug-likeness (QED) is 0.492. The molecule has 1 saturated heterocycles. The summed E-state index contributed by atoms with van der Waals surface area (Å²) < 4.78 is 36.6. The number of guanidine groups is 1. The molecule has 1 aromatic rings. The minimum atomic E-state index is -0.912. The number of aliphatic imine (C=N–C) groups is 1. The zero-order valence-corrected chi connectivity index (χ0v) is 13.5. The number of hydrogen-bond donors (Lipinski definition) is 1. The van der Waals surface area contributed by atoms with Crippen LogP contribution in [0.1, 0.15) is 6.42 Å². The number of benzene rings is 1. The van der Waals surface area contributed by atoms with E-state index >= 15 is 0 Å². The van der Waals surface area contributed by atoms with Crippen LogP contribution in [-0.2, 0) is 4.74 Å². The van der Waals surface area contributed by atoms with E-state index in [4.69, 9.17) is 9.47 Å². The van der Waals surface area contributed by atoms with E-state index in [1.165, 1.54) is 6.07 Å². The summed E-state index contributed by atoms with van der Waals surface area (Å²) in [6.07, 6.45) is 1.07. The summed E-state index contributed by atoms with van der Waals surface area (Å²) in [7, 11) is 3.70. The van der Waals surface area contributed by atoms with Crippen LogP contribution in [-0.4, -0.2) is 57.9 Å². The Morgan fingerprint density at radius 2 is 2.26 bits per heavy atom. The third kappa shape index (κ3) is 5.35. The number of hydrogen-bond acceptors (Lipinski definition) is 3. The molecule has 0 spiro atoms. The normalized spacial score (nSPS) is 18.1. The highest BCUT2D eigenvalue weighted by Crippen LogP contribution is 2.15. The molecule has 0 saturated carbocycles. The van der Waals surface area contributed by atoms with E-state index in [0.29, 0.717) is 24.8 Å². The lowest BCUT2D eigenvalue weighted by molar-refractivity contribution is 0.181. The highest BCUT2D eigenvalue weighted by atomic mass is 19.2. The highest BCUT2D eigenvalue weighted by Gasteiger charge is 2.18. The van der Waals surface area contributed by atoms with Crippen LogP contribution in [0, 0.1) is 17.6 Å². The van der Waals surface area contributed by atoms with E-state index < -0.39 is 11.6 Å². The van der Waals surface area contributed by atoms with E-state index in [9.17, 15) is 8.78 Å². The largest absolute Gasteiger partial charge is 0.492 e. The minimum absolute atomic E-state index is 0.303. The van der Waals surface area contributed by atoms with Gasteiger partial charge in [-0.2, -0.15) is 0 Å². The Bertz CT molecular complexity index is 534. The van der Waals surface area contributed by atoms with Crippen molar-refractivity contribution in [3.8, 4) is 5.75 Å². The molecule has 128 valence electrons. The summed E-state index contributed by atoms with van der Waals surface area (Å²) in [5.41, 5.74) is 0. The molecule has 0 bridgehead atoms. The number of nitrogens with zero attached hydrogens (tertiary/aromatic N) is 2. The van der Waals surface area contributed by atoms with Gasteiger partial charge in [0.2, 0.25) is 0 Å². The summed E-state index contributed by atoms with van der Waals surface area (Å²) in [5, 5.41) is 3.18. The van der Waals surface area contributed by atoms with Gasteiger partial charge in [-0.3, -0.25) is 4.99 Å². The van der Waals surface area contributed by atoms with Crippen molar-refractivity contribution in [2.24, 2.45) is 10.9 Å². The second-order valence-electron chi connectivity index (χ2n) is 5.51. The molecular weight excluding hydrogens is 304 g/mol. The molecule has 0 amide bonds. The fraction of sp³-hybridized carbons (Fsp3) is 0.562. The standard InChI is InChI=1S/C16H23F2N3O2/c1-19-16(21(2)10-12-5-7-22-11-12)20-6-8-23-13-3-4-14(17)15(18)9-13/h3-4,9,12H,5-8,10-11H2,1-2H3,(H,19,20). The lowest BCUT2D eigenvalue weighted by atomic mass is 10.1. The molecule has 1 fully saturated rings. The fourth-order valence-corrected chi connectivity index (χ4v) is 2.48. The maximum atomic E-state index is 13.1. The zero-order valence-electron chi connectivity index (χ0n) is 13.5. The maximum absolute atomic E-state index is 13.1. The van der Waals surface area contributed by atoms with Gasteiger partial charge in [-0.05, 0) is 18.6 Å². The van der Waals surface area contributed by atoms with Gasteiger partial charge in [0, 0.05) is 39.2 Å². The molecule has 0 aromatic heterocycles. The van der Waals surface area contributed by atoms with Crippen molar-refractivity contribution in [3.63, 3.8) is 0 Å². The second kappa shape index (κ2) is 8.67. The SMILES string of the molecule is CN=C(NCCOc1ccc(F)c(F)c1)N(C)CC1CCOC1. The Hall–Kier alpha value is -1.89. The Morgan fingerprint density at radius 1 is 1.43 bits per heavy atom. The van der Waals surface area contributed by atoms with Crippen LogP contribution in [0.25, 0.3) is 0 Å². The first kappa shape index (κ1) is 17.5. The molecule has 7 heteroatoms. The summed E-state index contributed by atoms with van der Waals surface area (Å²) in [6, 6.07) is 3.49. The molecule has 5 nitrogen and oxygen atoms in total. The lowest BCUT2D eigenvalue weighted by Gasteiger charge is -2.24. The number of ether oxygens (including phenoxy) is 2. The Kier molecular flexibility index (Phi) is 6.58. The van der Waals surface area contributed by atoms with Crippen LogP contribution >= 0.6 is 0 Å². The predicted octanol–water partition coefficient (Wildman–Crippen LogP) is 1.89. The van der Waals surface area contributed by atoms with E-state index in [-0.39, 0.29) is 0 Å². The summed E-state index contributed by atoms with van der Waals surface area (Å²) in [4.78, 5) is 6.28. The fourth-order valence-electron chi connectivity index (χ4n) is 2.48. The van der Waals surface area contributed by atoms with Gasteiger partial charge in [0.1, 0.15) is 12.4 Å². The first-order valence-electron chi connectivity index (χ1n) is 7.67. The first-order valence-corrected chi connectivity index (χ1v) is 7.67. The number of halogens is 2. The monoisotopic (exact) mass is 327 g/mol. The Balaban J connectivity index is 1.71. The van der Waals surface area contributed by atoms with Crippen molar-refractivity contribution in [1.82, 2.24) is 10.2 Å². The van der Waals surface area contributed by atoms with Crippen molar-refractivity contribution in [3.05, 3.63) is 29.8 Å². The third-order valence-corrected chi connectivity index (χ3v) is 3.67. The second-order valence-corrected chi connectivity index (χ2v) is 5.51. The summed E-state index contributed by atoms with van der Waals surface area (Å²) >= 11 is 0. The molecule has 1 atom stereocenters. The number of rotatable bonds is 6. The number of nitrogens with one attached hydrogen (secondary N) is 1. The molecule has 1 aliphatic rings. The van der Waals surface area contributed by atoms with Crippen LogP contribution in [0.5, 0.6) is 5.75 Å². The molecule has 1 aliphatic heterocycles. The van der Waals surface area contributed by atoms with Crippen LogP contribution in [0.15, 0.2) is 23.2 Å².